The van der Waals surface area contributed by atoms with Crippen LogP contribution < -0.4 is 0 Å². The van der Waals surface area contributed by atoms with E-state index >= 15 is 0 Å². The summed E-state index contributed by atoms with van der Waals surface area (Å²) in [7, 11) is -3.46. The van der Waals surface area contributed by atoms with Crippen molar-refractivity contribution in [2.45, 2.75) is 162 Å². The average molecular weight is 716 g/mol. The molecule has 1 aliphatic heterocycles. The Hall–Kier alpha value is -2.16. The van der Waals surface area contributed by atoms with E-state index in [4.69, 9.17) is 0 Å². The summed E-state index contributed by atoms with van der Waals surface area (Å²) in [5.74, 6) is -2.51. The predicted molar refractivity (Wildman–Crippen MR) is 197 cm³/mol. The van der Waals surface area contributed by atoms with Gasteiger partial charge in [-0.05, 0) is 87.4 Å². The molecule has 1 saturated heterocycles. The monoisotopic (exact) mass is 715 g/mol. The summed E-state index contributed by atoms with van der Waals surface area (Å²) in [6.07, 6.45) is 11.1. The van der Waals surface area contributed by atoms with E-state index in [2.05, 4.69) is 27.4 Å². The molecule has 3 saturated carbocycles. The molecular weight excluding hydrogens is 651 g/mol. The van der Waals surface area contributed by atoms with Gasteiger partial charge in [0.05, 0.1) is 22.5 Å². The molecule has 0 radical (unpaired) electrons. The summed E-state index contributed by atoms with van der Waals surface area (Å²) in [5, 5.41) is 0. The third-order valence-corrected chi connectivity index (χ3v) is 16.2. The number of sulfone groups is 1. The van der Waals surface area contributed by atoms with E-state index in [1.165, 1.54) is 0 Å². The molecule has 2 unspecified atom stereocenters. The Kier molecular flexibility index (Phi) is 12.5. The number of carbonyl (C=O) groups excluding carboxylic acids is 5. The number of piperidine rings is 1. The second-order valence-electron chi connectivity index (χ2n) is 18.4. The van der Waals surface area contributed by atoms with E-state index in [0.717, 1.165) is 44.9 Å². The zero-order valence-corrected chi connectivity index (χ0v) is 32.9. The second kappa shape index (κ2) is 15.4. The first kappa shape index (κ1) is 40.6. The van der Waals surface area contributed by atoms with Crippen LogP contribution in [0.4, 0.5) is 0 Å². The molecule has 1 amide bonds. The lowest BCUT2D eigenvalue weighted by atomic mass is 9.68. The Morgan fingerprint density at radius 2 is 1.52 bits per heavy atom. The van der Waals surface area contributed by atoms with Crippen molar-refractivity contribution in [1.29, 1.82) is 0 Å². The molecule has 0 aromatic carbocycles. The van der Waals surface area contributed by atoms with E-state index in [1.54, 1.807) is 31.7 Å². The maximum atomic E-state index is 14.9. The Labute approximate surface area is 302 Å². The van der Waals surface area contributed by atoms with Gasteiger partial charge in [0.2, 0.25) is 11.7 Å². The van der Waals surface area contributed by atoms with Crippen LogP contribution in [0.25, 0.3) is 0 Å². The summed E-state index contributed by atoms with van der Waals surface area (Å²) < 4.78 is 26.0. The normalized spacial score (nSPS) is 26.5. The fourth-order valence-electron chi connectivity index (χ4n) is 9.88. The standard InChI is InChI=1S/C41H65NO7S/c1-9-11-18-32(44)36(46)28(17-10-2)23-33(45)35-34-31(39(34,6)7)26-42(35)37(47)30(40(8)19-15-16-20-40)24-29(43)25-41(21-13-12-14-22-41)27-50(48,49)38(3,4)5/h9,28,30-31,34-35H,1,10-27H2,2-8H3/t28?,30-,31?,34+,35-/m1/s1. The number of amides is 1. The van der Waals surface area contributed by atoms with E-state index in [9.17, 15) is 32.4 Å². The summed E-state index contributed by atoms with van der Waals surface area (Å²) in [4.78, 5) is 71.0. The first-order valence-electron chi connectivity index (χ1n) is 19.5. The SMILES string of the molecule is C=CCCC(=O)C(=O)C(CCC)CC(=O)[C@@H]1[C@@H]2C(CN1C(=O)[C@@H](CC(=O)CC1(CS(=O)(=O)C(C)(C)C)CCCCC1)C1(C)CCCC1)C2(C)C. The van der Waals surface area contributed by atoms with Gasteiger partial charge >= 0.3 is 0 Å². The molecule has 3 aliphatic carbocycles. The lowest BCUT2D eigenvalue weighted by molar-refractivity contribution is -0.149. The molecule has 0 aromatic heterocycles. The molecule has 9 heteroatoms. The fraction of sp³-hybridized carbons (Fsp3) is 0.829. The minimum absolute atomic E-state index is 0.0139. The lowest BCUT2D eigenvalue weighted by Crippen LogP contribution is -2.51. The smallest absolute Gasteiger partial charge is 0.227 e. The van der Waals surface area contributed by atoms with Gasteiger partial charge < -0.3 is 4.90 Å². The van der Waals surface area contributed by atoms with Gasteiger partial charge in [-0.25, -0.2) is 8.42 Å². The van der Waals surface area contributed by atoms with E-state index in [1.807, 2.05) is 6.92 Å². The zero-order valence-electron chi connectivity index (χ0n) is 32.1. The molecule has 4 rings (SSSR count). The van der Waals surface area contributed by atoms with Crippen LogP contribution in [-0.2, 0) is 33.8 Å². The quantitative estimate of drug-likeness (QED) is 0.106. The molecule has 0 bridgehead atoms. The third kappa shape index (κ3) is 8.55. The fourth-order valence-corrected chi connectivity index (χ4v) is 11.5. The number of allylic oxidation sites excluding steroid dienone is 1. The lowest BCUT2D eigenvalue weighted by Gasteiger charge is -2.41. The van der Waals surface area contributed by atoms with Gasteiger partial charge in [-0.2, -0.15) is 0 Å². The second-order valence-corrected chi connectivity index (χ2v) is 21.2. The van der Waals surface area contributed by atoms with Gasteiger partial charge in [-0.1, -0.05) is 72.3 Å². The zero-order chi connectivity index (χ0) is 37.3. The number of hydrogen-bond acceptors (Lipinski definition) is 7. The van der Waals surface area contributed by atoms with Gasteiger partial charge in [0.15, 0.2) is 21.4 Å². The van der Waals surface area contributed by atoms with Crippen molar-refractivity contribution in [1.82, 2.24) is 4.90 Å². The predicted octanol–water partition coefficient (Wildman–Crippen LogP) is 7.66. The van der Waals surface area contributed by atoms with Crippen LogP contribution in [0.5, 0.6) is 0 Å². The number of fused-ring (bicyclic) bond motifs is 1. The molecule has 50 heavy (non-hydrogen) atoms. The molecule has 0 N–H and O–H groups in total. The van der Waals surface area contributed by atoms with Crippen LogP contribution >= 0.6 is 0 Å². The number of nitrogens with zero attached hydrogens (tertiary/aromatic N) is 1. The highest BCUT2D eigenvalue weighted by Gasteiger charge is 2.69. The highest BCUT2D eigenvalue weighted by Crippen LogP contribution is 2.65. The highest BCUT2D eigenvalue weighted by atomic mass is 32.2. The van der Waals surface area contributed by atoms with Gasteiger partial charge in [0.1, 0.15) is 5.78 Å². The number of carbonyl (C=O) groups is 5. The summed E-state index contributed by atoms with van der Waals surface area (Å²) in [6, 6.07) is -0.679. The number of likely N-dealkylation sites (tertiary alicyclic amines) is 1. The number of ketones is 4. The first-order chi connectivity index (χ1) is 23.2. The van der Waals surface area contributed by atoms with Crippen molar-refractivity contribution < 1.29 is 32.4 Å². The van der Waals surface area contributed by atoms with E-state index in [0.29, 0.717) is 38.6 Å². The summed E-state index contributed by atoms with van der Waals surface area (Å²) in [6.45, 7) is 17.6. The maximum Gasteiger partial charge on any atom is 0.227 e. The van der Waals surface area contributed by atoms with Crippen LogP contribution in [0, 0.1) is 39.9 Å². The molecule has 4 fully saturated rings. The Morgan fingerprint density at radius 3 is 2.08 bits per heavy atom. The van der Waals surface area contributed by atoms with Crippen molar-refractivity contribution in [3.05, 3.63) is 12.7 Å². The Bertz CT molecular complexity index is 1420. The molecule has 0 spiro atoms. The molecule has 5 atom stereocenters. The topological polar surface area (TPSA) is 123 Å². The number of rotatable bonds is 18. The van der Waals surface area contributed by atoms with E-state index in [-0.39, 0.29) is 66.2 Å². The summed E-state index contributed by atoms with van der Waals surface area (Å²) >= 11 is 0. The van der Waals surface area contributed by atoms with Crippen LogP contribution in [-0.4, -0.2) is 65.4 Å². The van der Waals surface area contributed by atoms with Crippen LogP contribution in [0.15, 0.2) is 12.7 Å². The van der Waals surface area contributed by atoms with Crippen molar-refractivity contribution in [2.75, 3.05) is 12.3 Å². The Balaban J connectivity index is 1.59. The molecule has 4 aliphatic rings. The van der Waals surface area contributed by atoms with Crippen molar-refractivity contribution in [3.8, 4) is 0 Å². The van der Waals surface area contributed by atoms with Crippen molar-refractivity contribution >= 4 is 38.9 Å². The molecule has 1 heterocycles. The highest BCUT2D eigenvalue weighted by molar-refractivity contribution is 7.92. The molecule has 282 valence electrons. The molecule has 8 nitrogen and oxygen atoms in total. The maximum absolute atomic E-state index is 14.9. The van der Waals surface area contributed by atoms with Crippen molar-refractivity contribution in [2.24, 2.45) is 39.9 Å². The third-order valence-electron chi connectivity index (χ3n) is 13.4. The van der Waals surface area contributed by atoms with Gasteiger partial charge in [0.25, 0.3) is 0 Å². The minimum Gasteiger partial charge on any atom is -0.332 e. The van der Waals surface area contributed by atoms with Crippen LogP contribution in [0.1, 0.15) is 151 Å². The van der Waals surface area contributed by atoms with Gasteiger partial charge in [-0.15, -0.1) is 6.58 Å². The number of Topliss-reactive ketones (excluding diaryl/α,β-unsaturated/α-hetero) is 4. The molecular formula is C41H65NO7S. The largest absolute Gasteiger partial charge is 0.332 e. The molecule has 0 aromatic rings. The van der Waals surface area contributed by atoms with Gasteiger partial charge in [0, 0.05) is 38.1 Å². The van der Waals surface area contributed by atoms with Crippen molar-refractivity contribution in [3.63, 3.8) is 0 Å². The van der Waals surface area contributed by atoms with Crippen LogP contribution in [0.2, 0.25) is 0 Å². The Morgan fingerprint density at radius 1 is 0.920 bits per heavy atom. The number of hydrogen-bond donors (Lipinski definition) is 0. The average Bonchev–Trinajstić information content (AvgIpc) is 3.39. The van der Waals surface area contributed by atoms with Gasteiger partial charge in [-0.3, -0.25) is 24.0 Å². The van der Waals surface area contributed by atoms with Crippen LogP contribution in [0.3, 0.4) is 0 Å². The minimum atomic E-state index is -3.46. The van der Waals surface area contributed by atoms with E-state index < -0.39 is 54.9 Å². The first-order valence-corrected chi connectivity index (χ1v) is 21.1. The summed E-state index contributed by atoms with van der Waals surface area (Å²) in [5.41, 5.74) is -1.12.